The second kappa shape index (κ2) is 8.06. The summed E-state index contributed by atoms with van der Waals surface area (Å²) < 4.78 is 48.9. The van der Waals surface area contributed by atoms with Crippen LogP contribution >= 0.6 is 0 Å². The number of carbonyl (C=O) groups is 1. The molecule has 0 amide bonds. The van der Waals surface area contributed by atoms with Crippen LogP contribution in [0.25, 0.3) is 0 Å². The van der Waals surface area contributed by atoms with Gasteiger partial charge >= 0.3 is 5.97 Å². The van der Waals surface area contributed by atoms with Crippen molar-refractivity contribution in [2.45, 2.75) is 11.3 Å². The van der Waals surface area contributed by atoms with E-state index in [9.17, 15) is 17.6 Å². The number of methoxy groups -OCH3 is 2. The number of hydrogen-bond acceptors (Lipinski definition) is 5. The van der Waals surface area contributed by atoms with Gasteiger partial charge in [0.05, 0.1) is 20.1 Å². The molecule has 8 heteroatoms. The van der Waals surface area contributed by atoms with E-state index in [-0.39, 0.29) is 26.1 Å². The second-order valence-corrected chi connectivity index (χ2v) is 6.06. The van der Waals surface area contributed by atoms with Gasteiger partial charge < -0.3 is 9.47 Å². The maximum atomic E-state index is 13.7. The highest BCUT2D eigenvalue weighted by Gasteiger charge is 2.27. The van der Waals surface area contributed by atoms with Gasteiger partial charge in [0.1, 0.15) is 10.7 Å². The van der Waals surface area contributed by atoms with Crippen molar-refractivity contribution in [2.75, 3.05) is 33.9 Å². The lowest BCUT2D eigenvalue weighted by molar-refractivity contribution is -0.140. The fourth-order valence-electron chi connectivity index (χ4n) is 1.66. The third-order valence-electron chi connectivity index (χ3n) is 2.79. The van der Waals surface area contributed by atoms with E-state index in [4.69, 9.17) is 4.74 Å². The van der Waals surface area contributed by atoms with Crippen molar-refractivity contribution in [1.29, 1.82) is 0 Å². The number of benzene rings is 1. The fourth-order valence-corrected chi connectivity index (χ4v) is 3.15. The van der Waals surface area contributed by atoms with Crippen molar-refractivity contribution in [1.82, 2.24) is 4.31 Å². The molecule has 1 aromatic carbocycles. The molecule has 0 atom stereocenters. The molecule has 1 rings (SSSR count). The first kappa shape index (κ1) is 17.5. The number of esters is 1. The molecule has 1 aromatic rings. The van der Waals surface area contributed by atoms with E-state index >= 15 is 0 Å². The van der Waals surface area contributed by atoms with Gasteiger partial charge in [0.2, 0.25) is 10.0 Å². The molecule has 0 aliphatic carbocycles. The van der Waals surface area contributed by atoms with E-state index in [1.165, 1.54) is 32.4 Å². The Labute approximate surface area is 123 Å². The van der Waals surface area contributed by atoms with Gasteiger partial charge in [0.15, 0.2) is 0 Å². The molecule has 0 radical (unpaired) electrons. The summed E-state index contributed by atoms with van der Waals surface area (Å²) in [6.07, 6.45) is -0.117. The zero-order valence-corrected chi connectivity index (χ0v) is 12.7. The Morgan fingerprint density at radius 3 is 2.48 bits per heavy atom. The first-order valence-electron chi connectivity index (χ1n) is 6.24. The SMILES string of the molecule is COCCN(CCC(=O)OC)S(=O)(=O)c1ccccc1F. The second-order valence-electron chi connectivity index (χ2n) is 4.15. The summed E-state index contributed by atoms with van der Waals surface area (Å²) in [5.41, 5.74) is 0. The Morgan fingerprint density at radius 1 is 1.24 bits per heavy atom. The highest BCUT2D eigenvalue weighted by molar-refractivity contribution is 7.89. The Morgan fingerprint density at radius 2 is 1.90 bits per heavy atom. The predicted molar refractivity (Wildman–Crippen MR) is 73.7 cm³/mol. The average molecular weight is 319 g/mol. The molecule has 0 aliphatic heterocycles. The van der Waals surface area contributed by atoms with Crippen molar-refractivity contribution in [3.63, 3.8) is 0 Å². The van der Waals surface area contributed by atoms with Crippen LogP contribution in [-0.2, 0) is 24.3 Å². The molecule has 0 aliphatic rings. The molecule has 0 spiro atoms. The summed E-state index contributed by atoms with van der Waals surface area (Å²) >= 11 is 0. The topological polar surface area (TPSA) is 72.9 Å². The Hall–Kier alpha value is -1.51. The van der Waals surface area contributed by atoms with Crippen LogP contribution in [0, 0.1) is 5.82 Å². The van der Waals surface area contributed by atoms with Gasteiger partial charge in [-0.3, -0.25) is 4.79 Å². The smallest absolute Gasteiger partial charge is 0.306 e. The number of ether oxygens (including phenoxy) is 2. The summed E-state index contributed by atoms with van der Waals surface area (Å²) in [4.78, 5) is 10.7. The van der Waals surface area contributed by atoms with Gasteiger partial charge in [-0.05, 0) is 12.1 Å². The van der Waals surface area contributed by atoms with Crippen molar-refractivity contribution >= 4 is 16.0 Å². The van der Waals surface area contributed by atoms with Crippen LogP contribution in [0.15, 0.2) is 29.2 Å². The first-order valence-corrected chi connectivity index (χ1v) is 7.68. The zero-order valence-electron chi connectivity index (χ0n) is 11.9. The molecule has 0 saturated heterocycles. The summed E-state index contributed by atoms with van der Waals surface area (Å²) in [6.45, 7) is 0.0473. The Balaban J connectivity index is 3.00. The molecule has 21 heavy (non-hydrogen) atoms. The Kier molecular flexibility index (Phi) is 6.73. The van der Waals surface area contributed by atoms with Crippen LogP contribution in [-0.4, -0.2) is 52.6 Å². The maximum Gasteiger partial charge on any atom is 0.306 e. The normalized spacial score (nSPS) is 11.6. The zero-order chi connectivity index (χ0) is 15.9. The van der Waals surface area contributed by atoms with Gasteiger partial charge in [-0.15, -0.1) is 0 Å². The molecule has 118 valence electrons. The van der Waals surface area contributed by atoms with Gasteiger partial charge in [-0.2, -0.15) is 4.31 Å². The molecule has 6 nitrogen and oxygen atoms in total. The molecule has 0 bridgehead atoms. The molecule has 0 aromatic heterocycles. The number of halogens is 1. The minimum absolute atomic E-state index is 0.0180. The lowest BCUT2D eigenvalue weighted by atomic mass is 10.3. The number of carbonyl (C=O) groups excluding carboxylic acids is 1. The molecular weight excluding hydrogens is 301 g/mol. The van der Waals surface area contributed by atoms with Crippen LogP contribution in [0.1, 0.15) is 6.42 Å². The van der Waals surface area contributed by atoms with Crippen molar-refractivity contribution in [2.24, 2.45) is 0 Å². The van der Waals surface area contributed by atoms with Crippen molar-refractivity contribution in [3.05, 3.63) is 30.1 Å². The monoisotopic (exact) mass is 319 g/mol. The summed E-state index contributed by atoms with van der Waals surface area (Å²) in [7, 11) is -1.40. The minimum Gasteiger partial charge on any atom is -0.469 e. The van der Waals surface area contributed by atoms with Gasteiger partial charge in [-0.25, -0.2) is 12.8 Å². The predicted octanol–water partition coefficient (Wildman–Crippen LogP) is 1.03. The van der Waals surface area contributed by atoms with E-state index in [1.54, 1.807) is 0 Å². The highest BCUT2D eigenvalue weighted by atomic mass is 32.2. The molecular formula is C13H18FNO5S. The highest BCUT2D eigenvalue weighted by Crippen LogP contribution is 2.19. The van der Waals surface area contributed by atoms with E-state index in [1.807, 2.05) is 0 Å². The van der Waals surface area contributed by atoms with Crippen molar-refractivity contribution in [3.8, 4) is 0 Å². The van der Waals surface area contributed by atoms with E-state index < -0.39 is 26.7 Å². The molecule has 0 N–H and O–H groups in total. The summed E-state index contributed by atoms with van der Waals surface area (Å²) in [5, 5.41) is 0. The van der Waals surface area contributed by atoms with Crippen LogP contribution in [0.2, 0.25) is 0 Å². The van der Waals surface area contributed by atoms with E-state index in [2.05, 4.69) is 4.74 Å². The summed E-state index contributed by atoms with van der Waals surface area (Å²) in [6, 6.07) is 5.09. The third kappa shape index (κ3) is 4.76. The molecule has 0 saturated carbocycles. The van der Waals surface area contributed by atoms with Gasteiger partial charge in [0.25, 0.3) is 0 Å². The number of hydrogen-bond donors (Lipinski definition) is 0. The fraction of sp³-hybridized carbons (Fsp3) is 0.462. The molecule has 0 unspecified atom stereocenters. The van der Waals surface area contributed by atoms with Gasteiger partial charge in [0, 0.05) is 20.2 Å². The van der Waals surface area contributed by atoms with Crippen molar-refractivity contribution < 1.29 is 27.1 Å². The van der Waals surface area contributed by atoms with Gasteiger partial charge in [-0.1, -0.05) is 12.1 Å². The minimum atomic E-state index is -4.04. The lowest BCUT2D eigenvalue weighted by Gasteiger charge is -2.21. The number of nitrogens with zero attached hydrogens (tertiary/aromatic N) is 1. The quantitative estimate of drug-likeness (QED) is 0.669. The average Bonchev–Trinajstić information content (AvgIpc) is 2.46. The first-order chi connectivity index (χ1) is 9.93. The van der Waals surface area contributed by atoms with E-state index in [0.29, 0.717) is 0 Å². The number of rotatable bonds is 8. The standard InChI is InChI=1S/C13H18FNO5S/c1-19-10-9-15(8-7-13(16)20-2)21(17,18)12-6-4-3-5-11(12)14/h3-6H,7-10H2,1-2H3. The van der Waals surface area contributed by atoms with Crippen LogP contribution in [0.3, 0.4) is 0 Å². The lowest BCUT2D eigenvalue weighted by Crippen LogP contribution is -2.36. The van der Waals surface area contributed by atoms with E-state index in [0.717, 1.165) is 10.4 Å². The van der Waals surface area contributed by atoms with Crippen LogP contribution in [0.4, 0.5) is 4.39 Å². The molecule has 0 heterocycles. The third-order valence-corrected chi connectivity index (χ3v) is 4.72. The van der Waals surface area contributed by atoms with Crippen LogP contribution < -0.4 is 0 Å². The molecule has 0 fully saturated rings. The van der Waals surface area contributed by atoms with Crippen LogP contribution in [0.5, 0.6) is 0 Å². The largest absolute Gasteiger partial charge is 0.469 e. The summed E-state index contributed by atoms with van der Waals surface area (Å²) in [5.74, 6) is -1.38. The maximum absolute atomic E-state index is 13.7. The number of sulfonamides is 1. The Bertz CT molecular complexity index is 576.